The minimum absolute atomic E-state index is 0.882. The van der Waals surface area contributed by atoms with E-state index in [0.29, 0.717) is 0 Å². The van der Waals surface area contributed by atoms with Gasteiger partial charge in [0.25, 0.3) is 0 Å². The summed E-state index contributed by atoms with van der Waals surface area (Å²) in [6.07, 6.45) is 13.1. The molecule has 31 heavy (non-hydrogen) atoms. The third-order valence-electron chi connectivity index (χ3n) is 6.45. The van der Waals surface area contributed by atoms with Crippen LogP contribution in [-0.2, 0) is 13.0 Å². The zero-order chi connectivity index (χ0) is 21.3. The maximum absolute atomic E-state index is 5.03. The number of unbranched alkanes of at least 4 members (excludes halogenated alkanes) is 8. The summed E-state index contributed by atoms with van der Waals surface area (Å²) in [5.41, 5.74) is 3.76. The van der Waals surface area contributed by atoms with E-state index >= 15 is 0 Å². The van der Waals surface area contributed by atoms with Crippen molar-refractivity contribution in [3.8, 4) is 0 Å². The molecule has 4 rings (SSSR count). The number of hydrogen-bond acceptors (Lipinski definition) is 1. The second-order valence-electron chi connectivity index (χ2n) is 8.81. The second kappa shape index (κ2) is 11.1. The van der Waals surface area contributed by atoms with Gasteiger partial charge in [0.05, 0.1) is 11.0 Å². The molecule has 0 radical (unpaired) electrons. The van der Waals surface area contributed by atoms with Crippen molar-refractivity contribution < 1.29 is 0 Å². The van der Waals surface area contributed by atoms with Gasteiger partial charge < -0.3 is 4.57 Å². The lowest BCUT2D eigenvalue weighted by Crippen LogP contribution is -2.05. The highest BCUT2D eigenvalue weighted by Gasteiger charge is 2.12. The molecule has 0 unspecified atom stereocenters. The maximum atomic E-state index is 5.03. The van der Waals surface area contributed by atoms with Crippen LogP contribution in [0.25, 0.3) is 21.8 Å². The lowest BCUT2D eigenvalue weighted by molar-refractivity contribution is 0.537. The van der Waals surface area contributed by atoms with Gasteiger partial charge in [-0.3, -0.25) is 0 Å². The van der Waals surface area contributed by atoms with Gasteiger partial charge in [-0.25, -0.2) is 4.98 Å². The molecule has 0 saturated carbocycles. The van der Waals surface area contributed by atoms with Crippen molar-refractivity contribution in [1.29, 1.82) is 0 Å². The van der Waals surface area contributed by atoms with E-state index in [9.17, 15) is 0 Å². The third-order valence-corrected chi connectivity index (χ3v) is 6.45. The van der Waals surface area contributed by atoms with Crippen molar-refractivity contribution in [1.82, 2.24) is 9.55 Å². The summed E-state index contributed by atoms with van der Waals surface area (Å²) in [7, 11) is 0. The molecule has 0 aliphatic carbocycles. The van der Waals surface area contributed by atoms with Crippen molar-refractivity contribution >= 4 is 21.8 Å². The molecule has 0 N–H and O–H groups in total. The highest BCUT2D eigenvalue weighted by Crippen LogP contribution is 2.24. The van der Waals surface area contributed by atoms with Gasteiger partial charge in [-0.15, -0.1) is 0 Å². The molecule has 0 bridgehead atoms. The van der Waals surface area contributed by atoms with Crippen molar-refractivity contribution in [3.05, 3.63) is 78.1 Å². The van der Waals surface area contributed by atoms with Gasteiger partial charge >= 0.3 is 0 Å². The van der Waals surface area contributed by atoms with Crippen LogP contribution in [0.15, 0.2) is 66.7 Å². The van der Waals surface area contributed by atoms with E-state index in [0.717, 1.165) is 18.5 Å². The number of rotatable bonds is 12. The minimum Gasteiger partial charge on any atom is -0.328 e. The molecule has 0 aliphatic rings. The molecule has 0 amide bonds. The Morgan fingerprint density at radius 3 is 2.19 bits per heavy atom. The normalized spacial score (nSPS) is 11.5. The Balaban J connectivity index is 1.43. The highest BCUT2D eigenvalue weighted by molar-refractivity contribution is 5.86. The zero-order valence-corrected chi connectivity index (χ0v) is 19.0. The van der Waals surface area contributed by atoms with E-state index in [1.165, 1.54) is 85.5 Å². The Bertz CT molecular complexity index is 1090. The zero-order valence-electron chi connectivity index (χ0n) is 19.0. The van der Waals surface area contributed by atoms with Crippen LogP contribution >= 0.6 is 0 Å². The molecule has 2 heteroatoms. The van der Waals surface area contributed by atoms with Crippen molar-refractivity contribution in [3.63, 3.8) is 0 Å². The lowest BCUT2D eigenvalue weighted by Gasteiger charge is -2.11. The summed E-state index contributed by atoms with van der Waals surface area (Å²) in [5, 5.41) is 2.65. The predicted octanol–water partition coefficient (Wildman–Crippen LogP) is 8.31. The van der Waals surface area contributed by atoms with E-state index < -0.39 is 0 Å². The van der Waals surface area contributed by atoms with Crippen LogP contribution < -0.4 is 0 Å². The summed E-state index contributed by atoms with van der Waals surface area (Å²) in [6, 6.07) is 23.9. The number of aryl methyl sites for hydroxylation is 1. The monoisotopic (exact) mass is 412 g/mol. The summed E-state index contributed by atoms with van der Waals surface area (Å²) in [6.45, 7) is 3.35. The quantitative estimate of drug-likeness (QED) is 0.214. The van der Waals surface area contributed by atoms with E-state index in [4.69, 9.17) is 4.98 Å². The molecular formula is C29H36N2. The summed E-state index contributed by atoms with van der Waals surface area (Å²) in [5.74, 6) is 1.19. The van der Waals surface area contributed by atoms with Crippen molar-refractivity contribution in [2.75, 3.05) is 0 Å². The fourth-order valence-corrected chi connectivity index (χ4v) is 4.71. The Kier molecular flexibility index (Phi) is 7.76. The van der Waals surface area contributed by atoms with Gasteiger partial charge in [0.2, 0.25) is 0 Å². The Morgan fingerprint density at radius 2 is 1.35 bits per heavy atom. The molecule has 3 aromatic carbocycles. The summed E-state index contributed by atoms with van der Waals surface area (Å²) >= 11 is 0. The molecular weight excluding hydrogens is 376 g/mol. The average molecular weight is 413 g/mol. The highest BCUT2D eigenvalue weighted by atomic mass is 15.1. The van der Waals surface area contributed by atoms with Gasteiger partial charge in [-0.05, 0) is 34.9 Å². The minimum atomic E-state index is 0.882. The van der Waals surface area contributed by atoms with E-state index in [2.05, 4.69) is 78.2 Å². The van der Waals surface area contributed by atoms with Gasteiger partial charge in [-0.2, -0.15) is 0 Å². The molecule has 2 nitrogen and oxygen atoms in total. The van der Waals surface area contributed by atoms with E-state index in [-0.39, 0.29) is 0 Å². The number of benzene rings is 3. The van der Waals surface area contributed by atoms with Crippen molar-refractivity contribution in [2.45, 2.75) is 77.7 Å². The van der Waals surface area contributed by atoms with E-state index in [1.54, 1.807) is 0 Å². The number of para-hydroxylation sites is 2. The van der Waals surface area contributed by atoms with Crippen LogP contribution in [0.5, 0.6) is 0 Å². The van der Waals surface area contributed by atoms with Crippen LogP contribution in [0.1, 0.15) is 76.1 Å². The molecule has 4 aromatic rings. The second-order valence-corrected chi connectivity index (χ2v) is 8.81. The molecule has 1 aromatic heterocycles. The molecule has 0 spiro atoms. The first-order valence-corrected chi connectivity index (χ1v) is 12.3. The number of imidazole rings is 1. The SMILES string of the molecule is CCCCCCCCCCCn1c(Cc2cccc3ccccc23)nc2ccccc21. The fraction of sp³-hybridized carbons (Fsp3) is 0.414. The molecule has 162 valence electrons. The topological polar surface area (TPSA) is 17.8 Å². The smallest absolute Gasteiger partial charge is 0.114 e. The number of nitrogens with zero attached hydrogens (tertiary/aromatic N) is 2. The van der Waals surface area contributed by atoms with Crippen LogP contribution in [0.3, 0.4) is 0 Å². The van der Waals surface area contributed by atoms with Gasteiger partial charge in [0.1, 0.15) is 5.82 Å². The number of fused-ring (bicyclic) bond motifs is 2. The largest absolute Gasteiger partial charge is 0.328 e. The first kappa shape index (κ1) is 21.6. The molecule has 0 fully saturated rings. The van der Waals surface area contributed by atoms with Gasteiger partial charge in [-0.1, -0.05) is 113 Å². The number of aromatic nitrogens is 2. The first-order valence-electron chi connectivity index (χ1n) is 12.3. The average Bonchev–Trinajstić information content (AvgIpc) is 3.15. The van der Waals surface area contributed by atoms with Crippen molar-refractivity contribution in [2.24, 2.45) is 0 Å². The lowest BCUT2D eigenvalue weighted by atomic mass is 10.0. The van der Waals surface area contributed by atoms with Crippen LogP contribution in [0, 0.1) is 0 Å². The standard InChI is InChI=1S/C29H36N2/c1-2-3-4-5-6-7-8-9-14-22-31-28-21-13-12-20-27(28)30-29(31)23-25-18-15-17-24-16-10-11-19-26(24)25/h10-13,15-21H,2-9,14,22-23H2,1H3. The maximum Gasteiger partial charge on any atom is 0.114 e. The van der Waals surface area contributed by atoms with Gasteiger partial charge in [0, 0.05) is 13.0 Å². The Hall–Kier alpha value is -2.61. The van der Waals surface area contributed by atoms with Crippen LogP contribution in [0.4, 0.5) is 0 Å². The first-order chi connectivity index (χ1) is 15.4. The van der Waals surface area contributed by atoms with Gasteiger partial charge in [0.15, 0.2) is 0 Å². The number of hydrogen-bond donors (Lipinski definition) is 0. The Morgan fingerprint density at radius 1 is 0.677 bits per heavy atom. The molecule has 0 atom stereocenters. The van der Waals surface area contributed by atoms with Crippen LogP contribution in [0.2, 0.25) is 0 Å². The molecule has 1 heterocycles. The predicted molar refractivity (Wildman–Crippen MR) is 134 cm³/mol. The summed E-state index contributed by atoms with van der Waals surface area (Å²) < 4.78 is 2.47. The molecule has 0 aliphatic heterocycles. The van der Waals surface area contributed by atoms with E-state index in [1.807, 2.05) is 0 Å². The third kappa shape index (κ3) is 5.55. The van der Waals surface area contributed by atoms with Crippen LogP contribution in [-0.4, -0.2) is 9.55 Å². The fourth-order valence-electron chi connectivity index (χ4n) is 4.71. The summed E-state index contributed by atoms with van der Waals surface area (Å²) in [4.78, 5) is 5.03. The molecule has 0 saturated heterocycles. The Labute approximate surface area is 187 Å².